The second-order valence-electron chi connectivity index (χ2n) is 8.46. The average molecular weight is 513 g/mol. The Kier molecular flexibility index (Phi) is 12.7. The number of carbonyl (C=O) groups excluding carboxylic acids is 3. The molecule has 200 valence electrons. The van der Waals surface area contributed by atoms with Crippen molar-refractivity contribution in [1.82, 2.24) is 0 Å². The van der Waals surface area contributed by atoms with Crippen molar-refractivity contribution in [1.29, 1.82) is 0 Å². The molecular weight excluding hydrogens is 476 g/mol. The number of hydrogen-bond acceptors (Lipinski definition) is 8. The van der Waals surface area contributed by atoms with Crippen LogP contribution < -0.4 is 9.47 Å². The van der Waals surface area contributed by atoms with Gasteiger partial charge in [0.05, 0.1) is 0 Å². The zero-order chi connectivity index (χ0) is 28.1. The lowest BCUT2D eigenvalue weighted by Crippen LogP contribution is -2.13. The van der Waals surface area contributed by atoms with E-state index in [1.54, 1.807) is 39.8 Å². The van der Waals surface area contributed by atoms with Crippen LogP contribution in [-0.2, 0) is 28.6 Å². The normalized spacial score (nSPS) is 11.6. The van der Waals surface area contributed by atoms with Gasteiger partial charge in [-0.3, -0.25) is 0 Å². The lowest BCUT2D eigenvalue weighted by atomic mass is 10.0. The number of allylic oxidation sites excluding steroid dienone is 4. The first-order chi connectivity index (χ1) is 17.3. The smallest absolute Gasteiger partial charge is 0.338 e. The molecule has 0 aromatic heterocycles. The standard InChI is InChI=1S/C29H36O8/c1-18(2)27(30)35-12-10-33-25-15-24(16-26(17-25)34-11-13-36-28(31)19(3)4)23(9)21(7)14-22(8)37-29(32)20(5)6/h14-17H,1,3,5,10-13H2,2,4,6-9H3/b22-14+,23-21+. The van der Waals surface area contributed by atoms with Gasteiger partial charge in [-0.2, -0.15) is 0 Å². The molecule has 1 aromatic rings. The predicted octanol–water partition coefficient (Wildman–Crippen LogP) is 5.50. The molecule has 0 unspecified atom stereocenters. The second kappa shape index (κ2) is 15.1. The van der Waals surface area contributed by atoms with Gasteiger partial charge in [0.1, 0.15) is 43.7 Å². The van der Waals surface area contributed by atoms with Gasteiger partial charge in [0.15, 0.2) is 0 Å². The van der Waals surface area contributed by atoms with Crippen molar-refractivity contribution in [2.24, 2.45) is 0 Å². The molecule has 37 heavy (non-hydrogen) atoms. The van der Waals surface area contributed by atoms with Gasteiger partial charge in [0.2, 0.25) is 0 Å². The third-order valence-electron chi connectivity index (χ3n) is 4.79. The maximum Gasteiger partial charge on any atom is 0.338 e. The Morgan fingerprint density at radius 1 is 0.676 bits per heavy atom. The first-order valence-corrected chi connectivity index (χ1v) is 11.6. The summed E-state index contributed by atoms with van der Waals surface area (Å²) in [5.41, 5.74) is 3.43. The van der Waals surface area contributed by atoms with Crippen LogP contribution >= 0.6 is 0 Å². The highest BCUT2D eigenvalue weighted by Crippen LogP contribution is 2.29. The molecular formula is C29H36O8. The van der Waals surface area contributed by atoms with Crippen LogP contribution in [0.1, 0.15) is 47.1 Å². The van der Waals surface area contributed by atoms with Gasteiger partial charge >= 0.3 is 17.9 Å². The van der Waals surface area contributed by atoms with E-state index >= 15 is 0 Å². The van der Waals surface area contributed by atoms with Gasteiger partial charge in [-0.15, -0.1) is 0 Å². The van der Waals surface area contributed by atoms with E-state index in [1.165, 1.54) is 0 Å². The third-order valence-corrected chi connectivity index (χ3v) is 4.79. The molecule has 0 atom stereocenters. The highest BCUT2D eigenvalue weighted by molar-refractivity contribution is 5.88. The highest BCUT2D eigenvalue weighted by Gasteiger charge is 2.10. The predicted molar refractivity (Wildman–Crippen MR) is 142 cm³/mol. The molecule has 0 bridgehead atoms. The maximum atomic E-state index is 11.8. The van der Waals surface area contributed by atoms with Crippen molar-refractivity contribution in [3.05, 3.63) is 77.6 Å². The van der Waals surface area contributed by atoms with E-state index in [-0.39, 0.29) is 26.4 Å². The molecule has 0 aliphatic heterocycles. The Balaban J connectivity index is 3.11. The maximum absolute atomic E-state index is 11.8. The largest absolute Gasteiger partial charge is 0.490 e. The van der Waals surface area contributed by atoms with Gasteiger partial charge < -0.3 is 23.7 Å². The fraction of sp³-hybridized carbons (Fsp3) is 0.345. The van der Waals surface area contributed by atoms with Crippen LogP contribution in [0.4, 0.5) is 0 Å². The van der Waals surface area contributed by atoms with E-state index in [9.17, 15) is 14.4 Å². The Morgan fingerprint density at radius 2 is 1.11 bits per heavy atom. The van der Waals surface area contributed by atoms with Crippen LogP contribution in [-0.4, -0.2) is 44.3 Å². The molecule has 8 heteroatoms. The molecule has 1 rings (SSSR count). The summed E-state index contributed by atoms with van der Waals surface area (Å²) in [4.78, 5) is 34.9. The Bertz CT molecular complexity index is 1070. The first-order valence-electron chi connectivity index (χ1n) is 11.6. The Hall–Kier alpha value is -4.07. The topological polar surface area (TPSA) is 97.4 Å². The monoisotopic (exact) mass is 512 g/mol. The average Bonchev–Trinajstić information content (AvgIpc) is 2.83. The summed E-state index contributed by atoms with van der Waals surface area (Å²) in [6.07, 6.45) is 1.75. The number of carbonyl (C=O) groups is 3. The quantitative estimate of drug-likeness (QED) is 0.0805. The van der Waals surface area contributed by atoms with E-state index in [2.05, 4.69) is 19.7 Å². The third kappa shape index (κ3) is 11.5. The second-order valence-corrected chi connectivity index (χ2v) is 8.46. The van der Waals surface area contributed by atoms with Crippen molar-refractivity contribution >= 4 is 23.5 Å². The minimum absolute atomic E-state index is 0.0484. The summed E-state index contributed by atoms with van der Waals surface area (Å²) in [6.45, 7) is 21.2. The van der Waals surface area contributed by atoms with Crippen molar-refractivity contribution in [2.75, 3.05) is 26.4 Å². The van der Waals surface area contributed by atoms with E-state index in [1.807, 2.05) is 26.0 Å². The zero-order valence-electron chi connectivity index (χ0n) is 22.5. The molecule has 1 aromatic carbocycles. The number of ether oxygens (including phenoxy) is 5. The van der Waals surface area contributed by atoms with Gasteiger partial charge in [-0.25, -0.2) is 14.4 Å². The molecule has 0 saturated carbocycles. The summed E-state index contributed by atoms with van der Waals surface area (Å²) < 4.78 is 27.0. The lowest BCUT2D eigenvalue weighted by molar-refractivity contribution is -0.140. The number of rotatable bonds is 14. The van der Waals surface area contributed by atoms with Crippen molar-refractivity contribution in [2.45, 2.75) is 41.5 Å². The zero-order valence-corrected chi connectivity index (χ0v) is 22.5. The SMILES string of the molecule is C=C(C)C(=O)OCCOc1cc(OCCOC(=O)C(=C)C)cc(/C(C)=C(C)/C=C(\C)OC(=O)C(=C)C)c1. The van der Waals surface area contributed by atoms with Crippen molar-refractivity contribution in [3.8, 4) is 11.5 Å². The lowest BCUT2D eigenvalue weighted by Gasteiger charge is -2.14. The van der Waals surface area contributed by atoms with E-state index in [0.717, 1.165) is 16.7 Å². The Morgan fingerprint density at radius 3 is 1.51 bits per heavy atom. The van der Waals surface area contributed by atoms with Crippen molar-refractivity contribution < 1.29 is 38.1 Å². The number of esters is 3. The van der Waals surface area contributed by atoms with Gasteiger partial charge in [0.25, 0.3) is 0 Å². The minimum atomic E-state index is -0.495. The fourth-order valence-corrected chi connectivity index (χ4v) is 2.69. The van der Waals surface area contributed by atoms with Gasteiger partial charge in [-0.1, -0.05) is 19.7 Å². The van der Waals surface area contributed by atoms with E-state index in [4.69, 9.17) is 23.7 Å². The number of benzene rings is 1. The van der Waals surface area contributed by atoms with Gasteiger partial charge in [0, 0.05) is 22.8 Å². The molecule has 0 aliphatic rings. The van der Waals surface area contributed by atoms with E-state index in [0.29, 0.717) is 34.0 Å². The number of hydrogen-bond donors (Lipinski definition) is 0. The molecule has 0 amide bonds. The van der Waals surface area contributed by atoms with Crippen LogP contribution in [0.15, 0.2) is 72.1 Å². The molecule has 0 heterocycles. The van der Waals surface area contributed by atoms with Gasteiger partial charge in [-0.05, 0) is 76.5 Å². The van der Waals surface area contributed by atoms with Crippen LogP contribution in [0.2, 0.25) is 0 Å². The minimum Gasteiger partial charge on any atom is -0.490 e. The molecule has 0 fully saturated rings. The molecule has 0 N–H and O–H groups in total. The Labute approximate surface area is 218 Å². The van der Waals surface area contributed by atoms with Crippen LogP contribution in [0.25, 0.3) is 5.57 Å². The van der Waals surface area contributed by atoms with E-state index < -0.39 is 17.9 Å². The molecule has 0 aliphatic carbocycles. The summed E-state index contributed by atoms with van der Waals surface area (Å²) in [7, 11) is 0. The van der Waals surface area contributed by atoms with Crippen LogP contribution in [0.5, 0.6) is 11.5 Å². The fourth-order valence-electron chi connectivity index (χ4n) is 2.69. The van der Waals surface area contributed by atoms with Crippen LogP contribution in [0.3, 0.4) is 0 Å². The van der Waals surface area contributed by atoms with Crippen LogP contribution in [0, 0.1) is 0 Å². The summed E-state index contributed by atoms with van der Waals surface area (Å²) in [5.74, 6) is -0.0831. The molecule has 0 radical (unpaired) electrons. The summed E-state index contributed by atoms with van der Waals surface area (Å²) >= 11 is 0. The molecule has 8 nitrogen and oxygen atoms in total. The van der Waals surface area contributed by atoms with Crippen molar-refractivity contribution in [3.63, 3.8) is 0 Å². The first kappa shape index (κ1) is 31.0. The highest BCUT2D eigenvalue weighted by atomic mass is 16.6. The molecule has 0 spiro atoms. The summed E-state index contributed by atoms with van der Waals surface area (Å²) in [6, 6.07) is 5.32. The summed E-state index contributed by atoms with van der Waals surface area (Å²) in [5, 5.41) is 0. The molecule has 0 saturated heterocycles.